The van der Waals surface area contributed by atoms with Crippen molar-refractivity contribution in [3.63, 3.8) is 0 Å². The summed E-state index contributed by atoms with van der Waals surface area (Å²) < 4.78 is 30.1. The molecule has 184 valence electrons. The first-order valence-corrected chi connectivity index (χ1v) is 11.3. The molecular formula is C26H27FN2O5S. The first-order chi connectivity index (χ1) is 16.8. The van der Waals surface area contributed by atoms with Crippen LogP contribution in [0.25, 0.3) is 0 Å². The minimum absolute atomic E-state index is 0.0679. The van der Waals surface area contributed by atoms with Crippen LogP contribution in [0.4, 0.5) is 4.39 Å². The Morgan fingerprint density at radius 2 is 1.74 bits per heavy atom. The lowest BCUT2D eigenvalue weighted by molar-refractivity contribution is -0.150. The van der Waals surface area contributed by atoms with Crippen LogP contribution in [-0.4, -0.2) is 47.4 Å². The molecule has 0 saturated heterocycles. The highest BCUT2D eigenvalue weighted by Gasteiger charge is 2.29. The van der Waals surface area contributed by atoms with Gasteiger partial charge in [-0.05, 0) is 25.5 Å². The van der Waals surface area contributed by atoms with Crippen LogP contribution >= 0.6 is 12.2 Å². The molecule has 0 spiro atoms. The molecule has 9 heteroatoms. The zero-order valence-electron chi connectivity index (χ0n) is 19.8. The van der Waals surface area contributed by atoms with E-state index in [0.29, 0.717) is 11.3 Å². The van der Waals surface area contributed by atoms with Crippen molar-refractivity contribution < 1.29 is 28.5 Å². The van der Waals surface area contributed by atoms with Crippen LogP contribution in [0.3, 0.4) is 0 Å². The largest absolute Gasteiger partial charge is 0.503 e. The molecule has 2 N–H and O–H groups in total. The zero-order chi connectivity index (χ0) is 25.5. The molecule has 0 radical (unpaired) electrons. The fourth-order valence-corrected chi connectivity index (χ4v) is 4.08. The second kappa shape index (κ2) is 11.6. The summed E-state index contributed by atoms with van der Waals surface area (Å²) in [6.45, 7) is 3.35. The smallest absolute Gasteiger partial charge is 0.328 e. The average molecular weight is 499 g/mol. The number of esters is 1. The number of hydrogen-bond acceptors (Lipinski definition) is 7. The van der Waals surface area contributed by atoms with Gasteiger partial charge in [-0.3, -0.25) is 0 Å². The van der Waals surface area contributed by atoms with E-state index in [9.17, 15) is 14.3 Å². The van der Waals surface area contributed by atoms with Gasteiger partial charge >= 0.3 is 5.97 Å². The topological polar surface area (TPSA) is 89.9 Å². The summed E-state index contributed by atoms with van der Waals surface area (Å²) in [6, 6.07) is 14.4. The van der Waals surface area contributed by atoms with Gasteiger partial charge in [0, 0.05) is 29.8 Å². The fraction of sp³-hybridized carbons (Fsp3) is 0.269. The van der Waals surface area contributed by atoms with E-state index >= 15 is 0 Å². The van der Waals surface area contributed by atoms with Gasteiger partial charge in [-0.25, -0.2) is 14.2 Å². The maximum Gasteiger partial charge on any atom is 0.328 e. The molecule has 0 saturated carbocycles. The van der Waals surface area contributed by atoms with Gasteiger partial charge in [0.1, 0.15) is 34.4 Å². The Morgan fingerprint density at radius 1 is 1.06 bits per heavy atom. The third-order valence-electron chi connectivity index (χ3n) is 5.48. The lowest BCUT2D eigenvalue weighted by Crippen LogP contribution is -2.41. The lowest BCUT2D eigenvalue weighted by atomic mass is 9.86. The minimum Gasteiger partial charge on any atom is -0.503 e. The zero-order valence-corrected chi connectivity index (χ0v) is 20.6. The van der Waals surface area contributed by atoms with E-state index in [1.54, 1.807) is 19.9 Å². The standard InChI is InChI=1S/C26H27FN2O5S/c1-15(29-25(35)23-24(30)20(32-3)12-13-28-23)26(31)34-16(2)22(17-8-6-5-7-9-17)19-11-10-18(27)14-21(19)33-4/h5-16,22,30H,1-4H3,(H,29,35)/t15-,16-,22-/m0/s1. The Balaban J connectivity index is 1.80. The Hall–Kier alpha value is -3.72. The molecule has 3 aromatic rings. The van der Waals surface area contributed by atoms with Crippen molar-refractivity contribution >= 4 is 23.2 Å². The summed E-state index contributed by atoms with van der Waals surface area (Å²) in [5.41, 5.74) is 1.65. The third kappa shape index (κ3) is 6.05. The van der Waals surface area contributed by atoms with Gasteiger partial charge in [-0.2, -0.15) is 0 Å². The molecule has 0 fully saturated rings. The van der Waals surface area contributed by atoms with Gasteiger partial charge in [-0.15, -0.1) is 0 Å². The number of aromatic nitrogens is 1. The number of ether oxygens (including phenoxy) is 3. The Labute approximate surface area is 208 Å². The highest BCUT2D eigenvalue weighted by atomic mass is 32.1. The number of nitrogens with one attached hydrogen (secondary N) is 1. The second-order valence-corrected chi connectivity index (χ2v) is 8.23. The highest BCUT2D eigenvalue weighted by Crippen LogP contribution is 2.36. The average Bonchev–Trinajstić information content (AvgIpc) is 2.85. The van der Waals surface area contributed by atoms with Crippen LogP contribution in [0.1, 0.15) is 36.6 Å². The number of carbonyl (C=O) groups excluding carboxylic acids is 1. The monoisotopic (exact) mass is 498 g/mol. The molecule has 3 rings (SSSR count). The summed E-state index contributed by atoms with van der Waals surface area (Å²) in [5.74, 6) is -1.07. The van der Waals surface area contributed by atoms with Crippen molar-refractivity contribution in [3.05, 3.63) is 83.4 Å². The molecule has 0 aliphatic heterocycles. The molecule has 1 aromatic heterocycles. The van der Waals surface area contributed by atoms with E-state index in [1.807, 2.05) is 30.3 Å². The normalized spacial score (nSPS) is 13.3. The van der Waals surface area contributed by atoms with Crippen LogP contribution in [0.5, 0.6) is 17.2 Å². The van der Waals surface area contributed by atoms with Crippen molar-refractivity contribution in [2.24, 2.45) is 0 Å². The first-order valence-electron chi connectivity index (χ1n) is 10.9. The predicted octanol–water partition coefficient (Wildman–Crippen LogP) is 4.36. The van der Waals surface area contributed by atoms with Crippen LogP contribution in [0.2, 0.25) is 0 Å². The molecule has 0 amide bonds. The molecule has 35 heavy (non-hydrogen) atoms. The number of methoxy groups -OCH3 is 2. The predicted molar refractivity (Wildman–Crippen MR) is 134 cm³/mol. The van der Waals surface area contributed by atoms with Gasteiger partial charge in [0.05, 0.1) is 14.2 Å². The number of carbonyl (C=O) groups is 1. The quantitative estimate of drug-likeness (QED) is 0.332. The van der Waals surface area contributed by atoms with E-state index in [-0.39, 0.29) is 22.2 Å². The van der Waals surface area contributed by atoms with Gasteiger partial charge in [0.2, 0.25) is 0 Å². The number of pyridine rings is 1. The van der Waals surface area contributed by atoms with Crippen LogP contribution in [0.15, 0.2) is 60.8 Å². The Kier molecular flexibility index (Phi) is 8.59. The maximum atomic E-state index is 13.8. The van der Waals surface area contributed by atoms with E-state index in [0.717, 1.165) is 5.56 Å². The SMILES string of the molecule is COc1cc(F)ccc1[C@H](c1ccccc1)[C@H](C)OC(=O)[C@H](C)NC(=S)c1nccc(OC)c1O. The van der Waals surface area contributed by atoms with Crippen LogP contribution in [-0.2, 0) is 9.53 Å². The van der Waals surface area contributed by atoms with E-state index in [1.165, 1.54) is 38.6 Å². The van der Waals surface area contributed by atoms with Crippen LogP contribution in [0, 0.1) is 5.82 Å². The van der Waals surface area contributed by atoms with Crippen molar-refractivity contribution in [1.29, 1.82) is 0 Å². The number of benzene rings is 2. The maximum absolute atomic E-state index is 13.8. The first kappa shape index (κ1) is 25.9. The Bertz CT molecular complexity index is 1190. The van der Waals surface area contributed by atoms with Gasteiger partial charge in [0.25, 0.3) is 0 Å². The van der Waals surface area contributed by atoms with E-state index in [4.69, 9.17) is 26.4 Å². The molecule has 0 unspecified atom stereocenters. The number of halogens is 1. The second-order valence-electron chi connectivity index (χ2n) is 7.82. The third-order valence-corrected chi connectivity index (χ3v) is 5.80. The molecular weight excluding hydrogens is 471 g/mol. The number of thiocarbonyl (C=S) groups is 1. The molecule has 0 aliphatic carbocycles. The summed E-state index contributed by atoms with van der Waals surface area (Å²) in [4.78, 5) is 17.1. The van der Waals surface area contributed by atoms with Gasteiger partial charge in [-0.1, -0.05) is 48.6 Å². The molecule has 3 atom stereocenters. The van der Waals surface area contributed by atoms with Crippen molar-refractivity contribution in [2.45, 2.75) is 31.9 Å². The molecule has 7 nitrogen and oxygen atoms in total. The number of rotatable bonds is 9. The summed E-state index contributed by atoms with van der Waals surface area (Å²) in [7, 11) is 2.88. The van der Waals surface area contributed by atoms with E-state index < -0.39 is 29.9 Å². The highest BCUT2D eigenvalue weighted by molar-refractivity contribution is 7.80. The molecule has 2 aromatic carbocycles. The van der Waals surface area contributed by atoms with Gasteiger partial charge in [0.15, 0.2) is 11.5 Å². The minimum atomic E-state index is -0.844. The summed E-state index contributed by atoms with van der Waals surface area (Å²) in [6.07, 6.45) is 0.804. The van der Waals surface area contributed by atoms with E-state index in [2.05, 4.69) is 10.3 Å². The summed E-state index contributed by atoms with van der Waals surface area (Å²) >= 11 is 5.33. The lowest BCUT2D eigenvalue weighted by Gasteiger charge is -2.28. The summed E-state index contributed by atoms with van der Waals surface area (Å²) in [5, 5.41) is 13.1. The van der Waals surface area contributed by atoms with Gasteiger partial charge < -0.3 is 24.6 Å². The Morgan fingerprint density at radius 3 is 2.40 bits per heavy atom. The molecule has 1 heterocycles. The van der Waals surface area contributed by atoms with Crippen LogP contribution < -0.4 is 14.8 Å². The van der Waals surface area contributed by atoms with Crippen molar-refractivity contribution in [1.82, 2.24) is 10.3 Å². The fourth-order valence-electron chi connectivity index (χ4n) is 3.75. The number of aromatic hydroxyl groups is 1. The number of hydrogen-bond donors (Lipinski definition) is 2. The van der Waals surface area contributed by atoms with Crippen molar-refractivity contribution in [3.8, 4) is 17.2 Å². The molecule has 0 bridgehead atoms. The molecule has 0 aliphatic rings. The number of nitrogens with zero attached hydrogens (tertiary/aromatic N) is 1. The van der Waals surface area contributed by atoms with Crippen molar-refractivity contribution in [2.75, 3.05) is 14.2 Å².